The van der Waals surface area contributed by atoms with Crippen LogP contribution in [0.1, 0.15) is 24.2 Å². The van der Waals surface area contributed by atoms with Crippen molar-refractivity contribution in [1.82, 2.24) is 4.90 Å². The molecule has 1 rings (SSSR count). The van der Waals surface area contributed by atoms with Gasteiger partial charge in [-0.3, -0.25) is 4.79 Å². The van der Waals surface area contributed by atoms with E-state index >= 15 is 0 Å². The molecule has 2 N–H and O–H groups in total. The smallest absolute Gasteiger partial charge is 0.254 e. The molecule has 0 saturated carbocycles. The van der Waals surface area contributed by atoms with Gasteiger partial charge in [0, 0.05) is 29.7 Å². The first-order chi connectivity index (χ1) is 7.56. The second-order valence-corrected chi connectivity index (χ2v) is 4.33. The van der Waals surface area contributed by atoms with Gasteiger partial charge < -0.3 is 10.6 Å². The fourth-order valence-corrected chi connectivity index (χ4v) is 1.71. The Labute approximate surface area is 101 Å². The minimum absolute atomic E-state index is 0.0250. The van der Waals surface area contributed by atoms with Gasteiger partial charge in [0.05, 0.1) is 0 Å². The Hall–Kier alpha value is -1.06. The van der Waals surface area contributed by atoms with Gasteiger partial charge in [0.15, 0.2) is 0 Å². The predicted molar refractivity (Wildman–Crippen MR) is 66.7 cm³/mol. The van der Waals surface area contributed by atoms with Crippen molar-refractivity contribution in [2.45, 2.75) is 19.9 Å². The zero-order valence-electron chi connectivity index (χ0n) is 9.61. The van der Waals surface area contributed by atoms with E-state index in [2.05, 4.69) is 0 Å². The van der Waals surface area contributed by atoms with E-state index in [0.29, 0.717) is 23.7 Å². The van der Waals surface area contributed by atoms with E-state index < -0.39 is 0 Å². The van der Waals surface area contributed by atoms with Crippen LogP contribution in [-0.4, -0.2) is 29.9 Å². The Kier molecular flexibility index (Phi) is 4.77. The molecule has 0 spiro atoms. The monoisotopic (exact) mass is 240 g/mol. The first-order valence-electron chi connectivity index (χ1n) is 5.33. The molecule has 0 radical (unpaired) electrons. The Morgan fingerprint density at radius 2 is 2.19 bits per heavy atom. The molecule has 16 heavy (non-hydrogen) atoms. The highest BCUT2D eigenvalue weighted by molar-refractivity contribution is 6.30. The normalized spacial score (nSPS) is 10.6. The number of nitrogens with zero attached hydrogens (tertiary/aromatic N) is 1. The van der Waals surface area contributed by atoms with Crippen LogP contribution in [0.2, 0.25) is 5.02 Å². The van der Waals surface area contributed by atoms with Crippen molar-refractivity contribution < 1.29 is 4.79 Å². The maximum absolute atomic E-state index is 12.1. The van der Waals surface area contributed by atoms with Crippen LogP contribution in [0.5, 0.6) is 0 Å². The molecule has 4 heteroatoms. The Bertz CT molecular complexity index is 366. The zero-order chi connectivity index (χ0) is 12.1. The molecule has 0 aliphatic rings. The summed E-state index contributed by atoms with van der Waals surface area (Å²) in [4.78, 5) is 13.9. The molecule has 0 aromatic heterocycles. The summed E-state index contributed by atoms with van der Waals surface area (Å²) < 4.78 is 0. The number of amides is 1. The number of nitrogens with two attached hydrogens (primary N) is 1. The molecule has 1 aromatic carbocycles. The molecule has 0 heterocycles. The fourth-order valence-electron chi connectivity index (χ4n) is 1.52. The highest BCUT2D eigenvalue weighted by Gasteiger charge is 2.17. The number of rotatable bonds is 4. The van der Waals surface area contributed by atoms with E-state index in [0.717, 1.165) is 0 Å². The summed E-state index contributed by atoms with van der Waals surface area (Å²) in [7, 11) is 0. The van der Waals surface area contributed by atoms with Gasteiger partial charge in [-0.2, -0.15) is 0 Å². The van der Waals surface area contributed by atoms with Crippen molar-refractivity contribution in [3.8, 4) is 0 Å². The molecular weight excluding hydrogens is 224 g/mol. The van der Waals surface area contributed by atoms with Crippen LogP contribution in [-0.2, 0) is 0 Å². The molecule has 0 unspecified atom stereocenters. The van der Waals surface area contributed by atoms with Gasteiger partial charge >= 0.3 is 0 Å². The van der Waals surface area contributed by atoms with E-state index in [1.54, 1.807) is 29.2 Å². The van der Waals surface area contributed by atoms with Gasteiger partial charge in [0.25, 0.3) is 5.91 Å². The SMILES string of the molecule is CC(C)N(CCN)C(=O)c1cccc(Cl)c1. The van der Waals surface area contributed by atoms with Gasteiger partial charge in [-0.1, -0.05) is 17.7 Å². The minimum Gasteiger partial charge on any atom is -0.335 e. The quantitative estimate of drug-likeness (QED) is 0.877. The van der Waals surface area contributed by atoms with Crippen LogP contribution in [0.4, 0.5) is 0 Å². The van der Waals surface area contributed by atoms with Crippen molar-refractivity contribution in [1.29, 1.82) is 0 Å². The predicted octanol–water partition coefficient (Wildman–Crippen LogP) is 2.15. The van der Waals surface area contributed by atoms with Crippen molar-refractivity contribution in [3.63, 3.8) is 0 Å². The molecule has 0 aliphatic carbocycles. The standard InChI is InChI=1S/C12H17ClN2O/c1-9(2)15(7-6-14)12(16)10-4-3-5-11(13)8-10/h3-5,8-9H,6-7,14H2,1-2H3. The molecule has 0 fully saturated rings. The molecule has 3 nitrogen and oxygen atoms in total. The molecule has 1 amide bonds. The Morgan fingerprint density at radius 3 is 2.69 bits per heavy atom. The first-order valence-corrected chi connectivity index (χ1v) is 5.70. The van der Waals surface area contributed by atoms with Crippen LogP contribution < -0.4 is 5.73 Å². The molecule has 0 bridgehead atoms. The van der Waals surface area contributed by atoms with Crippen LogP contribution in [0.25, 0.3) is 0 Å². The maximum atomic E-state index is 12.1. The van der Waals surface area contributed by atoms with Gasteiger partial charge in [-0.25, -0.2) is 0 Å². The summed E-state index contributed by atoms with van der Waals surface area (Å²) in [5, 5.41) is 0.572. The highest BCUT2D eigenvalue weighted by Crippen LogP contribution is 2.13. The van der Waals surface area contributed by atoms with E-state index in [-0.39, 0.29) is 11.9 Å². The second-order valence-electron chi connectivity index (χ2n) is 3.89. The first kappa shape index (κ1) is 13.0. The van der Waals surface area contributed by atoms with Crippen molar-refractivity contribution in [3.05, 3.63) is 34.9 Å². The lowest BCUT2D eigenvalue weighted by atomic mass is 10.1. The van der Waals surface area contributed by atoms with Crippen molar-refractivity contribution in [2.24, 2.45) is 5.73 Å². The van der Waals surface area contributed by atoms with E-state index in [1.165, 1.54) is 0 Å². The van der Waals surface area contributed by atoms with E-state index in [9.17, 15) is 4.79 Å². The summed E-state index contributed by atoms with van der Waals surface area (Å²) in [6, 6.07) is 7.10. The average Bonchev–Trinajstić information content (AvgIpc) is 2.24. The number of carbonyl (C=O) groups excluding carboxylic acids is 1. The summed E-state index contributed by atoms with van der Waals surface area (Å²) in [6.07, 6.45) is 0. The largest absolute Gasteiger partial charge is 0.335 e. The van der Waals surface area contributed by atoms with Crippen LogP contribution in [0.15, 0.2) is 24.3 Å². The van der Waals surface area contributed by atoms with Gasteiger partial charge in [0.1, 0.15) is 0 Å². The highest BCUT2D eigenvalue weighted by atomic mass is 35.5. The fraction of sp³-hybridized carbons (Fsp3) is 0.417. The third-order valence-electron chi connectivity index (χ3n) is 2.33. The lowest BCUT2D eigenvalue weighted by Crippen LogP contribution is -2.40. The number of benzene rings is 1. The number of carbonyl (C=O) groups is 1. The molecule has 1 aromatic rings. The molecule has 0 aliphatic heterocycles. The van der Waals surface area contributed by atoms with Crippen LogP contribution in [0.3, 0.4) is 0 Å². The Balaban J connectivity index is 2.90. The molecule has 0 atom stereocenters. The summed E-state index contributed by atoms with van der Waals surface area (Å²) in [5.41, 5.74) is 6.10. The minimum atomic E-state index is -0.0250. The topological polar surface area (TPSA) is 46.3 Å². The number of hydrogen-bond acceptors (Lipinski definition) is 2. The number of hydrogen-bond donors (Lipinski definition) is 1. The third-order valence-corrected chi connectivity index (χ3v) is 2.56. The lowest BCUT2D eigenvalue weighted by molar-refractivity contribution is 0.0712. The lowest BCUT2D eigenvalue weighted by Gasteiger charge is -2.26. The molecule has 0 saturated heterocycles. The Morgan fingerprint density at radius 1 is 1.50 bits per heavy atom. The van der Waals surface area contributed by atoms with Crippen molar-refractivity contribution >= 4 is 17.5 Å². The third kappa shape index (κ3) is 3.22. The maximum Gasteiger partial charge on any atom is 0.254 e. The molecular formula is C12H17ClN2O. The second kappa shape index (κ2) is 5.87. The number of halogens is 1. The van der Waals surface area contributed by atoms with Gasteiger partial charge in [-0.05, 0) is 32.0 Å². The van der Waals surface area contributed by atoms with Gasteiger partial charge in [-0.15, -0.1) is 0 Å². The molecule has 88 valence electrons. The summed E-state index contributed by atoms with van der Waals surface area (Å²) in [5.74, 6) is -0.0250. The summed E-state index contributed by atoms with van der Waals surface area (Å²) >= 11 is 5.85. The average molecular weight is 241 g/mol. The summed E-state index contributed by atoms with van der Waals surface area (Å²) in [6.45, 7) is 4.96. The van der Waals surface area contributed by atoms with Gasteiger partial charge in [0.2, 0.25) is 0 Å². The van der Waals surface area contributed by atoms with Crippen molar-refractivity contribution in [2.75, 3.05) is 13.1 Å². The van der Waals surface area contributed by atoms with E-state index in [4.69, 9.17) is 17.3 Å². The van der Waals surface area contributed by atoms with Crippen LogP contribution in [0, 0.1) is 0 Å². The zero-order valence-corrected chi connectivity index (χ0v) is 10.4. The van der Waals surface area contributed by atoms with Crippen LogP contribution >= 0.6 is 11.6 Å². The van der Waals surface area contributed by atoms with E-state index in [1.807, 2.05) is 13.8 Å².